The lowest BCUT2D eigenvalue weighted by Crippen LogP contribution is -2.30. The van der Waals surface area contributed by atoms with Crippen molar-refractivity contribution in [1.29, 1.82) is 0 Å². The Labute approximate surface area is 148 Å². The van der Waals surface area contributed by atoms with E-state index >= 15 is 0 Å². The van der Waals surface area contributed by atoms with Gasteiger partial charge in [0.1, 0.15) is 0 Å². The lowest BCUT2D eigenvalue weighted by atomic mass is 10.2. The van der Waals surface area contributed by atoms with Gasteiger partial charge in [-0.3, -0.25) is 14.8 Å². The number of anilines is 1. The third-order valence-corrected chi connectivity index (χ3v) is 3.72. The number of benzene rings is 2. The second-order valence-corrected chi connectivity index (χ2v) is 5.74. The molecule has 3 aromatic rings. The molecule has 0 aliphatic rings. The lowest BCUT2D eigenvalue weighted by molar-refractivity contribution is -0.123. The number of carbonyl (C=O) groups excluding carboxylic acids is 2. The minimum absolute atomic E-state index is 0.305. The van der Waals surface area contributed by atoms with E-state index < -0.39 is 18.0 Å². The van der Waals surface area contributed by atoms with Crippen molar-refractivity contribution in [2.75, 3.05) is 5.32 Å². The van der Waals surface area contributed by atoms with Crippen LogP contribution in [-0.2, 0) is 9.53 Å². The zero-order chi connectivity index (χ0) is 17.8. The maximum atomic E-state index is 12.2. The second kappa shape index (κ2) is 7.27. The summed E-state index contributed by atoms with van der Waals surface area (Å²) >= 11 is 5.80. The van der Waals surface area contributed by atoms with Crippen molar-refractivity contribution in [3.63, 3.8) is 0 Å². The zero-order valence-corrected chi connectivity index (χ0v) is 14.0. The van der Waals surface area contributed by atoms with Crippen LogP contribution >= 0.6 is 11.6 Å². The first kappa shape index (κ1) is 16.9. The summed E-state index contributed by atoms with van der Waals surface area (Å²) in [5.74, 6) is -1.04. The van der Waals surface area contributed by atoms with Gasteiger partial charge >= 0.3 is 5.97 Å². The molecule has 1 amide bonds. The van der Waals surface area contributed by atoms with Gasteiger partial charge in [0, 0.05) is 23.1 Å². The molecule has 25 heavy (non-hydrogen) atoms. The van der Waals surface area contributed by atoms with Crippen molar-refractivity contribution in [3.05, 3.63) is 65.4 Å². The lowest BCUT2D eigenvalue weighted by Gasteiger charge is -2.13. The Hall–Kier alpha value is -2.99. The van der Waals surface area contributed by atoms with Gasteiger partial charge in [-0.1, -0.05) is 11.6 Å². The van der Waals surface area contributed by atoms with Crippen LogP contribution in [0.2, 0.25) is 5.02 Å². The molecule has 1 heterocycles. The summed E-state index contributed by atoms with van der Waals surface area (Å²) in [5, 5.41) is 3.22. The van der Waals surface area contributed by atoms with Crippen LogP contribution in [0.15, 0.2) is 54.9 Å². The highest BCUT2D eigenvalue weighted by molar-refractivity contribution is 6.30. The third-order valence-electron chi connectivity index (χ3n) is 3.47. The van der Waals surface area contributed by atoms with Crippen molar-refractivity contribution >= 4 is 40.2 Å². The molecule has 126 valence electrons. The Morgan fingerprint density at radius 2 is 1.72 bits per heavy atom. The van der Waals surface area contributed by atoms with E-state index in [1.807, 2.05) is 0 Å². The Kier molecular flexibility index (Phi) is 4.90. The third kappa shape index (κ3) is 4.10. The molecule has 1 aromatic heterocycles. The van der Waals surface area contributed by atoms with E-state index in [2.05, 4.69) is 15.3 Å². The fraction of sp³-hybridized carbons (Fsp3) is 0.111. The fourth-order valence-corrected chi connectivity index (χ4v) is 2.28. The minimum Gasteiger partial charge on any atom is -0.449 e. The number of rotatable bonds is 4. The molecule has 0 saturated carbocycles. The minimum atomic E-state index is -0.958. The maximum Gasteiger partial charge on any atom is 0.338 e. The Morgan fingerprint density at radius 3 is 2.44 bits per heavy atom. The Morgan fingerprint density at radius 1 is 1.04 bits per heavy atom. The molecule has 7 heteroatoms. The number of halogens is 1. The first-order valence-electron chi connectivity index (χ1n) is 7.51. The Bertz CT molecular complexity index is 928. The average Bonchev–Trinajstić information content (AvgIpc) is 2.63. The van der Waals surface area contributed by atoms with Crippen molar-refractivity contribution in [3.8, 4) is 0 Å². The number of carbonyl (C=O) groups is 2. The summed E-state index contributed by atoms with van der Waals surface area (Å²) in [6, 6.07) is 11.5. The number of nitrogens with one attached hydrogen (secondary N) is 1. The van der Waals surface area contributed by atoms with E-state index in [1.165, 1.54) is 6.92 Å². The predicted molar refractivity (Wildman–Crippen MR) is 94.5 cm³/mol. The van der Waals surface area contributed by atoms with Crippen molar-refractivity contribution in [2.45, 2.75) is 13.0 Å². The van der Waals surface area contributed by atoms with Crippen LogP contribution in [0.5, 0.6) is 0 Å². The van der Waals surface area contributed by atoms with E-state index in [0.717, 1.165) is 0 Å². The molecule has 0 aliphatic heterocycles. The predicted octanol–water partition coefficient (Wildman–Crippen LogP) is 3.47. The molecule has 0 radical (unpaired) electrons. The highest BCUT2D eigenvalue weighted by Crippen LogP contribution is 2.15. The molecule has 1 N–H and O–H groups in total. The summed E-state index contributed by atoms with van der Waals surface area (Å²) in [7, 11) is 0. The van der Waals surface area contributed by atoms with E-state index in [4.69, 9.17) is 16.3 Å². The van der Waals surface area contributed by atoms with Gasteiger partial charge in [0.05, 0.1) is 16.6 Å². The van der Waals surface area contributed by atoms with Gasteiger partial charge in [0.25, 0.3) is 5.91 Å². The second-order valence-electron chi connectivity index (χ2n) is 5.30. The molecule has 0 fully saturated rings. The molecule has 0 spiro atoms. The number of fused-ring (bicyclic) bond motifs is 1. The Balaban J connectivity index is 1.66. The molecule has 0 unspecified atom stereocenters. The van der Waals surface area contributed by atoms with Crippen LogP contribution in [0, 0.1) is 0 Å². The monoisotopic (exact) mass is 355 g/mol. The average molecular weight is 356 g/mol. The molecule has 0 saturated heterocycles. The number of nitrogens with zero attached hydrogens (tertiary/aromatic N) is 2. The van der Waals surface area contributed by atoms with Crippen LogP contribution in [-0.4, -0.2) is 27.9 Å². The van der Waals surface area contributed by atoms with Crippen LogP contribution in [0.25, 0.3) is 11.0 Å². The van der Waals surface area contributed by atoms with Gasteiger partial charge in [-0.25, -0.2) is 4.79 Å². The van der Waals surface area contributed by atoms with Crippen molar-refractivity contribution < 1.29 is 14.3 Å². The van der Waals surface area contributed by atoms with E-state index in [1.54, 1.807) is 54.9 Å². The van der Waals surface area contributed by atoms with Crippen LogP contribution < -0.4 is 5.32 Å². The van der Waals surface area contributed by atoms with Gasteiger partial charge in [0.15, 0.2) is 6.10 Å². The molecule has 0 aliphatic carbocycles. The quantitative estimate of drug-likeness (QED) is 0.725. The summed E-state index contributed by atoms with van der Waals surface area (Å²) in [4.78, 5) is 32.6. The normalized spacial score (nSPS) is 11.8. The van der Waals surface area contributed by atoms with E-state index in [0.29, 0.717) is 27.3 Å². The summed E-state index contributed by atoms with van der Waals surface area (Å²) in [5.41, 5.74) is 2.13. The molecule has 3 rings (SSSR count). The van der Waals surface area contributed by atoms with Crippen molar-refractivity contribution in [2.24, 2.45) is 0 Å². The highest BCUT2D eigenvalue weighted by atomic mass is 35.5. The summed E-state index contributed by atoms with van der Waals surface area (Å²) in [6.45, 7) is 1.50. The standard InChI is InChI=1S/C18H14ClN3O3/c1-11(17(23)22-14-5-3-13(19)4-6-14)25-18(24)12-2-7-15-16(10-12)21-9-8-20-15/h2-11H,1H3,(H,22,23)/t11-/m1/s1. The number of ether oxygens (including phenoxy) is 1. The molecular weight excluding hydrogens is 342 g/mol. The summed E-state index contributed by atoms with van der Waals surface area (Å²) in [6.07, 6.45) is 2.16. The molecule has 0 bridgehead atoms. The fourth-order valence-electron chi connectivity index (χ4n) is 2.15. The van der Waals surface area contributed by atoms with Gasteiger partial charge < -0.3 is 10.1 Å². The zero-order valence-electron chi connectivity index (χ0n) is 13.3. The number of hydrogen-bond donors (Lipinski definition) is 1. The van der Waals surface area contributed by atoms with Crippen LogP contribution in [0.1, 0.15) is 17.3 Å². The SMILES string of the molecule is C[C@@H](OC(=O)c1ccc2nccnc2c1)C(=O)Nc1ccc(Cl)cc1. The molecule has 2 aromatic carbocycles. The van der Waals surface area contributed by atoms with Crippen molar-refractivity contribution in [1.82, 2.24) is 9.97 Å². The van der Waals surface area contributed by atoms with Gasteiger partial charge in [-0.2, -0.15) is 0 Å². The molecular formula is C18H14ClN3O3. The van der Waals surface area contributed by atoms with Gasteiger partial charge in [0.2, 0.25) is 0 Å². The molecule has 6 nitrogen and oxygen atoms in total. The van der Waals surface area contributed by atoms with Gasteiger partial charge in [-0.15, -0.1) is 0 Å². The van der Waals surface area contributed by atoms with Gasteiger partial charge in [-0.05, 0) is 49.4 Å². The van der Waals surface area contributed by atoms with E-state index in [-0.39, 0.29) is 0 Å². The number of aromatic nitrogens is 2. The topological polar surface area (TPSA) is 81.2 Å². The number of esters is 1. The maximum absolute atomic E-state index is 12.2. The molecule has 1 atom stereocenters. The highest BCUT2D eigenvalue weighted by Gasteiger charge is 2.19. The van der Waals surface area contributed by atoms with Crippen LogP contribution in [0.4, 0.5) is 5.69 Å². The summed E-state index contributed by atoms with van der Waals surface area (Å²) < 4.78 is 5.22. The smallest absolute Gasteiger partial charge is 0.338 e. The van der Waals surface area contributed by atoms with E-state index in [9.17, 15) is 9.59 Å². The first-order chi connectivity index (χ1) is 12.0. The number of hydrogen-bond acceptors (Lipinski definition) is 5. The largest absolute Gasteiger partial charge is 0.449 e. The first-order valence-corrected chi connectivity index (χ1v) is 7.89. The van der Waals surface area contributed by atoms with Crippen LogP contribution in [0.3, 0.4) is 0 Å². The number of amides is 1.